The summed E-state index contributed by atoms with van der Waals surface area (Å²) >= 11 is 3.54. The summed E-state index contributed by atoms with van der Waals surface area (Å²) in [6.07, 6.45) is 0. The summed E-state index contributed by atoms with van der Waals surface area (Å²) in [5, 5.41) is 10.5. The third kappa shape index (κ3) is 2.76. The fourth-order valence-corrected chi connectivity index (χ4v) is 1.58. The van der Waals surface area contributed by atoms with Gasteiger partial charge < -0.3 is 4.55 Å². The normalized spacial score (nSPS) is 12.4. The first kappa shape index (κ1) is 11.1. The second-order valence-corrected chi connectivity index (χ2v) is 3.85. The van der Waals surface area contributed by atoms with E-state index in [0.29, 0.717) is 5.56 Å². The van der Waals surface area contributed by atoms with E-state index in [2.05, 4.69) is 0 Å². The molecule has 0 radical (unpaired) electrons. The topological polar surface area (TPSA) is 80.4 Å². The second-order valence-electron chi connectivity index (χ2n) is 2.51. The number of halogens is 1. The molecule has 14 heavy (non-hydrogen) atoms. The predicted octanol–water partition coefficient (Wildman–Crippen LogP) is 1.97. The average Bonchev–Trinajstić information content (AvgIpc) is 2.07. The Morgan fingerprint density at radius 1 is 1.57 bits per heavy atom. The van der Waals surface area contributed by atoms with Gasteiger partial charge >= 0.3 is 0 Å². The average molecular weight is 236 g/mol. The summed E-state index contributed by atoms with van der Waals surface area (Å²) in [6.45, 7) is 0. The summed E-state index contributed by atoms with van der Waals surface area (Å²) in [7, 11) is 0. The minimum absolute atomic E-state index is 0.0162. The lowest BCUT2D eigenvalue weighted by Gasteiger charge is -1.99. The fraction of sp³-hybridized carbons (Fsp3) is 0.143. The molecule has 0 spiro atoms. The molecule has 0 saturated heterocycles. The smallest absolute Gasteiger partial charge is 0.288 e. The lowest BCUT2D eigenvalue weighted by molar-refractivity contribution is -0.384. The van der Waals surface area contributed by atoms with Crippen LogP contribution in [-0.2, 0) is 16.8 Å². The van der Waals surface area contributed by atoms with Crippen molar-refractivity contribution in [3.63, 3.8) is 0 Å². The number of nitro groups is 1. The number of hydrogen-bond acceptors (Lipinski definition) is 3. The van der Waals surface area contributed by atoms with Crippen LogP contribution in [0.25, 0.3) is 0 Å². The van der Waals surface area contributed by atoms with Crippen molar-refractivity contribution in [3.8, 4) is 0 Å². The van der Waals surface area contributed by atoms with E-state index in [9.17, 15) is 14.3 Å². The molecule has 76 valence electrons. The Kier molecular flexibility index (Phi) is 3.56. The van der Waals surface area contributed by atoms with E-state index < -0.39 is 16.0 Å². The second kappa shape index (κ2) is 4.50. The molecule has 0 amide bonds. The lowest BCUT2D eigenvalue weighted by atomic mass is 10.2. The Morgan fingerprint density at radius 3 is 2.71 bits per heavy atom. The van der Waals surface area contributed by atoms with Crippen LogP contribution in [0.2, 0.25) is 5.02 Å². The molecule has 0 aliphatic rings. The molecule has 0 heterocycles. The van der Waals surface area contributed by atoms with Crippen molar-refractivity contribution in [1.82, 2.24) is 0 Å². The SMILES string of the molecule is O=[N+]([O-])c1cc(CS(=O)O)ccc1Cl. The standard InChI is InChI=1S/C7H6ClNO4S/c8-6-2-1-5(4-14(12)13)3-7(6)9(10)11/h1-3H,4H2,(H,12,13). The van der Waals surface area contributed by atoms with Crippen LogP contribution in [0.4, 0.5) is 5.69 Å². The van der Waals surface area contributed by atoms with Gasteiger partial charge in [-0.3, -0.25) is 10.1 Å². The highest BCUT2D eigenvalue weighted by Crippen LogP contribution is 2.25. The third-order valence-corrected chi connectivity index (χ3v) is 2.40. The molecule has 1 unspecified atom stereocenters. The van der Waals surface area contributed by atoms with E-state index in [4.69, 9.17) is 16.2 Å². The Hall–Kier alpha value is -0.980. The van der Waals surface area contributed by atoms with Gasteiger partial charge in [-0.15, -0.1) is 0 Å². The molecule has 5 nitrogen and oxygen atoms in total. The van der Waals surface area contributed by atoms with Crippen LogP contribution in [0, 0.1) is 10.1 Å². The highest BCUT2D eigenvalue weighted by atomic mass is 35.5. The summed E-state index contributed by atoms with van der Waals surface area (Å²) in [6, 6.07) is 4.00. The molecule has 0 aliphatic heterocycles. The summed E-state index contributed by atoms with van der Waals surface area (Å²) < 4.78 is 19.0. The van der Waals surface area contributed by atoms with Crippen molar-refractivity contribution in [3.05, 3.63) is 38.9 Å². The van der Waals surface area contributed by atoms with Gasteiger partial charge in [-0.1, -0.05) is 17.7 Å². The fourth-order valence-electron chi connectivity index (χ4n) is 0.931. The molecule has 0 aliphatic carbocycles. The van der Waals surface area contributed by atoms with Gasteiger partial charge in [0.2, 0.25) is 0 Å². The monoisotopic (exact) mass is 235 g/mol. The van der Waals surface area contributed by atoms with Crippen molar-refractivity contribution < 1.29 is 13.7 Å². The molecule has 1 atom stereocenters. The number of hydrogen-bond donors (Lipinski definition) is 1. The molecule has 0 bridgehead atoms. The zero-order valence-electron chi connectivity index (χ0n) is 6.84. The minimum Gasteiger partial charge on any atom is -0.306 e. The van der Waals surface area contributed by atoms with E-state index >= 15 is 0 Å². The van der Waals surface area contributed by atoms with Gasteiger partial charge in [0.25, 0.3) is 5.69 Å². The highest BCUT2D eigenvalue weighted by Gasteiger charge is 2.13. The van der Waals surface area contributed by atoms with Gasteiger partial charge in [-0.2, -0.15) is 0 Å². The van der Waals surface area contributed by atoms with Gasteiger partial charge in [0.05, 0.1) is 10.7 Å². The van der Waals surface area contributed by atoms with Crippen LogP contribution in [0.3, 0.4) is 0 Å². The number of benzene rings is 1. The summed E-state index contributed by atoms with van der Waals surface area (Å²) in [5.41, 5.74) is 0.150. The van der Waals surface area contributed by atoms with Gasteiger partial charge in [-0.05, 0) is 11.6 Å². The van der Waals surface area contributed by atoms with E-state index in [1.54, 1.807) is 0 Å². The minimum atomic E-state index is -2.01. The molecule has 0 saturated carbocycles. The Labute approximate surface area is 87.1 Å². The Bertz CT molecular complexity index is 395. The van der Waals surface area contributed by atoms with Crippen molar-refractivity contribution in [2.24, 2.45) is 0 Å². The Morgan fingerprint density at radius 2 is 2.21 bits per heavy atom. The van der Waals surface area contributed by atoms with Crippen LogP contribution in [0.15, 0.2) is 18.2 Å². The number of rotatable bonds is 3. The maximum Gasteiger partial charge on any atom is 0.288 e. The largest absolute Gasteiger partial charge is 0.306 e. The van der Waals surface area contributed by atoms with Crippen molar-refractivity contribution in [2.45, 2.75) is 5.75 Å². The van der Waals surface area contributed by atoms with Crippen molar-refractivity contribution in [1.29, 1.82) is 0 Å². The van der Waals surface area contributed by atoms with E-state index in [-0.39, 0.29) is 16.5 Å². The Balaban J connectivity index is 3.06. The molecule has 7 heteroatoms. The van der Waals surface area contributed by atoms with Crippen LogP contribution in [-0.4, -0.2) is 13.7 Å². The molecule has 0 fully saturated rings. The van der Waals surface area contributed by atoms with Crippen LogP contribution >= 0.6 is 11.6 Å². The molecular weight excluding hydrogens is 230 g/mol. The highest BCUT2D eigenvalue weighted by molar-refractivity contribution is 7.78. The first-order valence-corrected chi connectivity index (χ1v) is 5.16. The predicted molar refractivity (Wildman–Crippen MR) is 52.6 cm³/mol. The third-order valence-electron chi connectivity index (χ3n) is 1.50. The summed E-state index contributed by atoms with van der Waals surface area (Å²) in [5.74, 6) is -0.141. The van der Waals surface area contributed by atoms with E-state index in [1.165, 1.54) is 18.2 Å². The first-order chi connectivity index (χ1) is 6.50. The zero-order chi connectivity index (χ0) is 10.7. The maximum atomic E-state index is 10.4. The summed E-state index contributed by atoms with van der Waals surface area (Å²) in [4.78, 5) is 9.81. The first-order valence-electron chi connectivity index (χ1n) is 3.51. The van der Waals surface area contributed by atoms with Crippen molar-refractivity contribution in [2.75, 3.05) is 0 Å². The van der Waals surface area contributed by atoms with E-state index in [0.717, 1.165) is 0 Å². The molecule has 1 N–H and O–H groups in total. The molecule has 1 aromatic rings. The maximum absolute atomic E-state index is 10.4. The number of nitro benzene ring substituents is 1. The quantitative estimate of drug-likeness (QED) is 0.493. The molecule has 1 aromatic carbocycles. The van der Waals surface area contributed by atoms with Gasteiger partial charge in [0, 0.05) is 6.07 Å². The van der Waals surface area contributed by atoms with E-state index in [1.807, 2.05) is 0 Å². The van der Waals surface area contributed by atoms with Gasteiger partial charge in [-0.25, -0.2) is 4.21 Å². The molecular formula is C7H6ClNO4S. The molecule has 1 rings (SSSR count). The van der Waals surface area contributed by atoms with Gasteiger partial charge in [0.1, 0.15) is 5.02 Å². The lowest BCUT2D eigenvalue weighted by Crippen LogP contribution is -1.95. The zero-order valence-corrected chi connectivity index (χ0v) is 8.42. The van der Waals surface area contributed by atoms with Gasteiger partial charge in [0.15, 0.2) is 11.1 Å². The molecule has 0 aromatic heterocycles. The van der Waals surface area contributed by atoms with Crippen LogP contribution in [0.5, 0.6) is 0 Å². The number of nitrogens with zero attached hydrogens (tertiary/aromatic N) is 1. The van der Waals surface area contributed by atoms with Crippen molar-refractivity contribution >= 4 is 28.4 Å². The van der Waals surface area contributed by atoms with Crippen LogP contribution < -0.4 is 0 Å². The van der Waals surface area contributed by atoms with Crippen LogP contribution in [0.1, 0.15) is 5.56 Å².